The number of ether oxygens (including phenoxy) is 2. The van der Waals surface area contributed by atoms with Crippen LogP contribution in [0.3, 0.4) is 0 Å². The number of methoxy groups -OCH3 is 1. The lowest BCUT2D eigenvalue weighted by molar-refractivity contribution is 0.0524. The van der Waals surface area contributed by atoms with E-state index in [0.717, 1.165) is 0 Å². The van der Waals surface area contributed by atoms with E-state index < -0.39 is 22.6 Å². The highest BCUT2D eigenvalue weighted by Gasteiger charge is 2.21. The topological polar surface area (TPSA) is 80.6 Å². The first-order chi connectivity index (χ1) is 10.9. The second kappa shape index (κ2) is 7.06. The highest BCUT2D eigenvalue weighted by molar-refractivity contribution is 7.90. The summed E-state index contributed by atoms with van der Waals surface area (Å²) in [5, 5.41) is 0.293. The number of hydrogen-bond donors (Lipinski definition) is 0. The summed E-state index contributed by atoms with van der Waals surface area (Å²) in [5.41, 5.74) is 0.0817. The lowest BCUT2D eigenvalue weighted by Crippen LogP contribution is -2.21. The largest absolute Gasteiger partial charge is 0.612 e. The third-order valence-corrected chi connectivity index (χ3v) is 4.40. The van der Waals surface area contributed by atoms with Crippen LogP contribution >= 0.6 is 0 Å². The fourth-order valence-electron chi connectivity index (χ4n) is 2.40. The summed E-state index contributed by atoms with van der Waals surface area (Å²) in [6.07, 6.45) is 3.00. The molecular formula is C16H19NO5S. The lowest BCUT2D eigenvalue weighted by Gasteiger charge is -2.15. The van der Waals surface area contributed by atoms with Crippen LogP contribution < -0.4 is 10.2 Å². The Morgan fingerprint density at radius 1 is 1.35 bits per heavy atom. The third kappa shape index (κ3) is 3.20. The highest BCUT2D eigenvalue weighted by Crippen LogP contribution is 2.28. The first kappa shape index (κ1) is 17.4. The van der Waals surface area contributed by atoms with Gasteiger partial charge in [-0.1, -0.05) is 0 Å². The molecule has 23 heavy (non-hydrogen) atoms. The van der Waals surface area contributed by atoms with Gasteiger partial charge < -0.3 is 18.6 Å². The van der Waals surface area contributed by atoms with E-state index in [4.69, 9.17) is 9.47 Å². The van der Waals surface area contributed by atoms with Gasteiger partial charge in [0, 0.05) is 24.9 Å². The maximum Gasteiger partial charge on any atom is 0.343 e. The summed E-state index contributed by atoms with van der Waals surface area (Å²) in [5.74, 6) is -0.217. The minimum Gasteiger partial charge on any atom is -0.612 e. The highest BCUT2D eigenvalue weighted by atomic mass is 32.2. The molecule has 0 N–H and O–H groups in total. The van der Waals surface area contributed by atoms with Crippen molar-refractivity contribution in [3.63, 3.8) is 0 Å². The summed E-state index contributed by atoms with van der Waals surface area (Å²) in [4.78, 5) is 25.2. The number of nitrogens with zero attached hydrogens (tertiary/aromatic N) is 1. The molecule has 0 aliphatic rings. The average molecular weight is 337 g/mol. The molecular weight excluding hydrogens is 318 g/mol. The van der Waals surface area contributed by atoms with Crippen LogP contribution in [-0.2, 0) is 22.5 Å². The van der Waals surface area contributed by atoms with E-state index in [1.165, 1.54) is 19.6 Å². The number of aromatic nitrogens is 1. The van der Waals surface area contributed by atoms with E-state index in [2.05, 4.69) is 0 Å². The molecule has 0 saturated carbocycles. The normalized spacial score (nSPS) is 12.2. The minimum absolute atomic E-state index is 0.0395. The van der Waals surface area contributed by atoms with Crippen molar-refractivity contribution in [2.75, 3.05) is 20.0 Å². The molecule has 2 rings (SSSR count). The second-order valence-electron chi connectivity index (χ2n) is 4.85. The summed E-state index contributed by atoms with van der Waals surface area (Å²) >= 11 is -1.28. The van der Waals surface area contributed by atoms with E-state index in [9.17, 15) is 14.1 Å². The molecule has 1 atom stereocenters. The molecule has 0 aliphatic carbocycles. The summed E-state index contributed by atoms with van der Waals surface area (Å²) < 4.78 is 23.9. The van der Waals surface area contributed by atoms with Crippen LogP contribution in [0, 0.1) is 0 Å². The number of benzene rings is 1. The maximum absolute atomic E-state index is 12.7. The van der Waals surface area contributed by atoms with E-state index in [1.54, 1.807) is 23.6 Å². The molecule has 1 aromatic carbocycles. The number of fused-ring (bicyclic) bond motifs is 1. The fourth-order valence-corrected chi connectivity index (χ4v) is 2.96. The predicted octanol–water partition coefficient (Wildman–Crippen LogP) is 1.94. The van der Waals surface area contributed by atoms with Crippen LogP contribution in [0.4, 0.5) is 0 Å². The third-order valence-electron chi connectivity index (χ3n) is 3.50. The molecule has 1 unspecified atom stereocenters. The Morgan fingerprint density at radius 3 is 2.57 bits per heavy atom. The Kier molecular flexibility index (Phi) is 5.33. The first-order valence-corrected chi connectivity index (χ1v) is 8.76. The van der Waals surface area contributed by atoms with Crippen LogP contribution in [-0.4, -0.2) is 35.1 Å². The van der Waals surface area contributed by atoms with Crippen molar-refractivity contribution in [2.24, 2.45) is 0 Å². The van der Waals surface area contributed by atoms with E-state index in [0.29, 0.717) is 28.1 Å². The molecule has 0 spiro atoms. The van der Waals surface area contributed by atoms with Gasteiger partial charge in [0.05, 0.1) is 24.6 Å². The molecule has 6 nitrogen and oxygen atoms in total. The van der Waals surface area contributed by atoms with Gasteiger partial charge in [0.15, 0.2) is 4.90 Å². The van der Waals surface area contributed by atoms with Crippen molar-refractivity contribution in [1.82, 2.24) is 4.57 Å². The molecule has 0 saturated heterocycles. The Labute approximate surface area is 137 Å². The number of aryl methyl sites for hydroxylation is 1. The Morgan fingerprint density at radius 2 is 2.04 bits per heavy atom. The molecule has 0 fully saturated rings. The molecule has 2 aromatic rings. The van der Waals surface area contributed by atoms with E-state index in [-0.39, 0.29) is 12.2 Å². The first-order valence-electron chi connectivity index (χ1n) is 7.20. The van der Waals surface area contributed by atoms with Crippen molar-refractivity contribution in [3.05, 3.63) is 34.1 Å². The summed E-state index contributed by atoms with van der Waals surface area (Å²) in [6, 6.07) is 3.19. The van der Waals surface area contributed by atoms with Crippen molar-refractivity contribution < 1.29 is 18.8 Å². The van der Waals surface area contributed by atoms with Crippen molar-refractivity contribution >= 4 is 28.0 Å². The summed E-state index contributed by atoms with van der Waals surface area (Å²) in [6.45, 7) is 4.29. The maximum atomic E-state index is 12.7. The zero-order valence-electron chi connectivity index (χ0n) is 13.5. The number of esters is 1. The monoisotopic (exact) mass is 337 g/mol. The molecule has 1 heterocycles. The summed E-state index contributed by atoms with van der Waals surface area (Å²) in [7, 11) is 1.49. The molecule has 0 radical (unpaired) electrons. The number of pyridine rings is 1. The van der Waals surface area contributed by atoms with Crippen molar-refractivity contribution in [2.45, 2.75) is 25.3 Å². The number of hydrogen-bond acceptors (Lipinski definition) is 5. The molecule has 7 heteroatoms. The van der Waals surface area contributed by atoms with Crippen molar-refractivity contribution in [1.29, 1.82) is 0 Å². The van der Waals surface area contributed by atoms with Gasteiger partial charge in [0.1, 0.15) is 17.6 Å². The van der Waals surface area contributed by atoms with Crippen LogP contribution in [0.2, 0.25) is 0 Å². The van der Waals surface area contributed by atoms with Gasteiger partial charge >= 0.3 is 5.97 Å². The average Bonchev–Trinajstić information content (AvgIpc) is 2.54. The molecule has 1 aromatic heterocycles. The van der Waals surface area contributed by atoms with Gasteiger partial charge in [-0.05, 0) is 25.0 Å². The number of carbonyl (C=O) groups is 1. The van der Waals surface area contributed by atoms with Crippen LogP contribution in [0.15, 0.2) is 28.0 Å². The Hall–Kier alpha value is -1.99. The van der Waals surface area contributed by atoms with E-state index >= 15 is 0 Å². The van der Waals surface area contributed by atoms with Crippen LogP contribution in [0.1, 0.15) is 24.2 Å². The molecule has 124 valence electrons. The van der Waals surface area contributed by atoms with Gasteiger partial charge in [-0.15, -0.1) is 0 Å². The van der Waals surface area contributed by atoms with E-state index in [1.807, 2.05) is 6.92 Å². The molecule has 0 amide bonds. The van der Waals surface area contributed by atoms with Gasteiger partial charge in [0.2, 0.25) is 5.43 Å². The predicted molar refractivity (Wildman–Crippen MR) is 88.7 cm³/mol. The minimum atomic E-state index is -1.28. The SMILES string of the molecule is CCOC(=O)c1cn(CC)c2c(OC)cc([S+](C)[O-])cc2c1=O. The smallest absolute Gasteiger partial charge is 0.343 e. The van der Waals surface area contributed by atoms with Crippen molar-refractivity contribution in [3.8, 4) is 5.75 Å². The zero-order chi connectivity index (χ0) is 17.1. The van der Waals surface area contributed by atoms with Gasteiger partial charge in [-0.3, -0.25) is 4.79 Å². The molecule has 0 aliphatic heterocycles. The Balaban J connectivity index is 2.88. The lowest BCUT2D eigenvalue weighted by atomic mass is 10.1. The number of carbonyl (C=O) groups excluding carboxylic acids is 1. The standard InChI is InChI=1S/C16H19NO5S/c1-5-17-9-12(16(19)22-6-2)15(18)11-7-10(23(4)20)8-13(21-3)14(11)17/h7-9H,5-6H2,1-4H3. The number of rotatable bonds is 5. The van der Waals surface area contributed by atoms with Gasteiger partial charge in [-0.25, -0.2) is 4.79 Å². The van der Waals surface area contributed by atoms with Crippen LogP contribution in [0.5, 0.6) is 5.75 Å². The second-order valence-corrected chi connectivity index (χ2v) is 6.23. The quantitative estimate of drug-likeness (QED) is 0.615. The Bertz CT molecular complexity index is 797. The zero-order valence-corrected chi connectivity index (χ0v) is 14.4. The molecule has 0 bridgehead atoms. The van der Waals surface area contributed by atoms with Crippen LogP contribution in [0.25, 0.3) is 10.9 Å². The van der Waals surface area contributed by atoms with Gasteiger partial charge in [0.25, 0.3) is 0 Å². The fraction of sp³-hybridized carbons (Fsp3) is 0.375. The van der Waals surface area contributed by atoms with Gasteiger partial charge in [-0.2, -0.15) is 0 Å².